The topological polar surface area (TPSA) is 12.0 Å². The Morgan fingerprint density at radius 2 is 1.88 bits per heavy atom. The van der Waals surface area contributed by atoms with Gasteiger partial charge in [-0.05, 0) is 54.4 Å². The Morgan fingerprint density at radius 1 is 1.18 bits per heavy atom. The van der Waals surface area contributed by atoms with Gasteiger partial charge in [-0.1, -0.05) is 31.2 Å². The van der Waals surface area contributed by atoms with Gasteiger partial charge in [0.1, 0.15) is 0 Å². The molecule has 0 amide bonds. The summed E-state index contributed by atoms with van der Waals surface area (Å²) >= 11 is 2.11. The van der Waals surface area contributed by atoms with Crippen LogP contribution in [0.5, 0.6) is 0 Å². The van der Waals surface area contributed by atoms with Crippen molar-refractivity contribution in [1.82, 2.24) is 5.32 Å². The van der Waals surface area contributed by atoms with Crippen LogP contribution in [0.15, 0.2) is 24.3 Å². The molecule has 0 saturated carbocycles. The van der Waals surface area contributed by atoms with Crippen LogP contribution in [0, 0.1) is 5.92 Å². The highest BCUT2D eigenvalue weighted by Gasteiger charge is 2.12. The van der Waals surface area contributed by atoms with Crippen molar-refractivity contribution in [3.8, 4) is 0 Å². The van der Waals surface area contributed by atoms with Crippen molar-refractivity contribution in [2.75, 3.05) is 18.1 Å². The van der Waals surface area contributed by atoms with Crippen molar-refractivity contribution in [1.29, 1.82) is 0 Å². The second-order valence-corrected chi connectivity index (χ2v) is 6.03. The van der Waals surface area contributed by atoms with E-state index >= 15 is 0 Å². The minimum atomic E-state index is 0.907. The lowest BCUT2D eigenvalue weighted by molar-refractivity contribution is 0.447. The Balaban J connectivity index is 1.77. The van der Waals surface area contributed by atoms with Gasteiger partial charge in [0, 0.05) is 6.54 Å². The highest BCUT2D eigenvalue weighted by Crippen LogP contribution is 2.22. The molecular weight excluding hydrogens is 226 g/mol. The fourth-order valence-corrected chi connectivity index (χ4v) is 3.64. The number of hydrogen-bond donors (Lipinski definition) is 1. The van der Waals surface area contributed by atoms with Gasteiger partial charge in [0.2, 0.25) is 0 Å². The standard InChI is InChI=1S/C15H23NS/c1-2-14-5-3-4-6-15(14)12-16-11-13-7-9-17-10-8-13/h3-6,13,16H,2,7-12H2,1H3. The Kier molecular flexibility index (Phi) is 5.40. The van der Waals surface area contributed by atoms with E-state index in [4.69, 9.17) is 0 Å². The number of aryl methyl sites for hydroxylation is 1. The van der Waals surface area contributed by atoms with E-state index in [1.807, 2.05) is 0 Å². The van der Waals surface area contributed by atoms with Crippen molar-refractivity contribution in [2.45, 2.75) is 32.7 Å². The SMILES string of the molecule is CCc1ccccc1CNCC1CCSCC1. The first-order valence-electron chi connectivity index (χ1n) is 6.75. The Morgan fingerprint density at radius 3 is 2.59 bits per heavy atom. The molecule has 2 heteroatoms. The van der Waals surface area contributed by atoms with E-state index < -0.39 is 0 Å². The van der Waals surface area contributed by atoms with Gasteiger partial charge in [-0.25, -0.2) is 0 Å². The van der Waals surface area contributed by atoms with Crippen molar-refractivity contribution in [3.63, 3.8) is 0 Å². The van der Waals surface area contributed by atoms with Gasteiger partial charge in [-0.3, -0.25) is 0 Å². The number of nitrogens with one attached hydrogen (secondary N) is 1. The fourth-order valence-electron chi connectivity index (χ4n) is 2.44. The third-order valence-corrected chi connectivity index (χ3v) is 4.64. The van der Waals surface area contributed by atoms with E-state index in [0.29, 0.717) is 0 Å². The van der Waals surface area contributed by atoms with Crippen LogP contribution >= 0.6 is 11.8 Å². The molecule has 1 fully saturated rings. The Labute approximate surface area is 109 Å². The molecule has 1 saturated heterocycles. The van der Waals surface area contributed by atoms with Crippen LogP contribution < -0.4 is 5.32 Å². The summed E-state index contributed by atoms with van der Waals surface area (Å²) in [6, 6.07) is 8.78. The van der Waals surface area contributed by atoms with E-state index in [1.54, 1.807) is 0 Å². The zero-order valence-corrected chi connectivity index (χ0v) is 11.6. The van der Waals surface area contributed by atoms with Gasteiger partial charge < -0.3 is 5.32 Å². The summed E-state index contributed by atoms with van der Waals surface area (Å²) in [4.78, 5) is 0. The molecule has 1 aliphatic rings. The maximum Gasteiger partial charge on any atom is 0.0208 e. The Hall–Kier alpha value is -0.470. The summed E-state index contributed by atoms with van der Waals surface area (Å²) in [6.07, 6.45) is 3.93. The van der Waals surface area contributed by atoms with Crippen LogP contribution in [0.4, 0.5) is 0 Å². The molecule has 1 N–H and O–H groups in total. The first-order valence-corrected chi connectivity index (χ1v) is 7.91. The monoisotopic (exact) mass is 249 g/mol. The van der Waals surface area contributed by atoms with Gasteiger partial charge in [0.15, 0.2) is 0 Å². The quantitative estimate of drug-likeness (QED) is 0.857. The minimum absolute atomic E-state index is 0.907. The first kappa shape index (κ1) is 13.0. The van der Waals surface area contributed by atoms with Crippen LogP contribution in [0.2, 0.25) is 0 Å². The van der Waals surface area contributed by atoms with Crippen LogP contribution in [0.1, 0.15) is 30.9 Å². The second-order valence-electron chi connectivity index (χ2n) is 4.81. The van der Waals surface area contributed by atoms with Gasteiger partial charge in [-0.2, -0.15) is 11.8 Å². The van der Waals surface area contributed by atoms with Gasteiger partial charge in [0.05, 0.1) is 0 Å². The lowest BCUT2D eigenvalue weighted by Crippen LogP contribution is -2.25. The first-order chi connectivity index (χ1) is 8.40. The average molecular weight is 249 g/mol. The number of hydrogen-bond acceptors (Lipinski definition) is 2. The zero-order chi connectivity index (χ0) is 11.9. The fraction of sp³-hybridized carbons (Fsp3) is 0.600. The summed E-state index contributed by atoms with van der Waals surface area (Å²) in [5, 5.41) is 3.64. The van der Waals surface area contributed by atoms with Crippen LogP contribution in [-0.2, 0) is 13.0 Å². The molecule has 17 heavy (non-hydrogen) atoms. The van der Waals surface area contributed by atoms with Crippen molar-refractivity contribution < 1.29 is 0 Å². The molecule has 0 atom stereocenters. The smallest absolute Gasteiger partial charge is 0.0208 e. The summed E-state index contributed by atoms with van der Waals surface area (Å²) in [7, 11) is 0. The molecule has 0 aromatic heterocycles. The molecule has 1 nitrogen and oxygen atoms in total. The molecule has 1 aromatic rings. The predicted octanol–water partition coefficient (Wildman–Crippen LogP) is 3.48. The predicted molar refractivity (Wildman–Crippen MR) is 77.6 cm³/mol. The number of thioether (sulfide) groups is 1. The van der Waals surface area contributed by atoms with E-state index in [9.17, 15) is 0 Å². The van der Waals surface area contributed by atoms with Crippen molar-refractivity contribution in [2.24, 2.45) is 5.92 Å². The highest BCUT2D eigenvalue weighted by atomic mass is 32.2. The largest absolute Gasteiger partial charge is 0.312 e. The van der Waals surface area contributed by atoms with Crippen LogP contribution in [-0.4, -0.2) is 18.1 Å². The maximum absolute atomic E-state index is 3.64. The number of rotatable bonds is 5. The average Bonchev–Trinajstić information content (AvgIpc) is 2.40. The summed E-state index contributed by atoms with van der Waals surface area (Å²) < 4.78 is 0. The Bertz CT molecular complexity index is 331. The van der Waals surface area contributed by atoms with Crippen LogP contribution in [0.3, 0.4) is 0 Å². The molecule has 0 bridgehead atoms. The molecule has 0 radical (unpaired) electrons. The normalized spacial score (nSPS) is 17.2. The summed E-state index contributed by atoms with van der Waals surface area (Å²) in [5.41, 5.74) is 2.96. The molecular formula is C15H23NS. The molecule has 0 unspecified atom stereocenters. The molecule has 0 spiro atoms. The molecule has 94 valence electrons. The minimum Gasteiger partial charge on any atom is -0.312 e. The zero-order valence-electron chi connectivity index (χ0n) is 10.7. The van der Waals surface area contributed by atoms with Crippen molar-refractivity contribution >= 4 is 11.8 Å². The van der Waals surface area contributed by atoms with Gasteiger partial charge in [-0.15, -0.1) is 0 Å². The summed E-state index contributed by atoms with van der Waals surface area (Å²) in [5.74, 6) is 3.63. The van der Waals surface area contributed by atoms with Crippen LogP contribution in [0.25, 0.3) is 0 Å². The van der Waals surface area contributed by atoms with E-state index in [1.165, 1.54) is 42.0 Å². The lowest BCUT2D eigenvalue weighted by atomic mass is 10.0. The van der Waals surface area contributed by atoms with E-state index in [-0.39, 0.29) is 0 Å². The van der Waals surface area contributed by atoms with E-state index in [2.05, 4.69) is 48.3 Å². The molecule has 0 aliphatic carbocycles. The third kappa shape index (κ3) is 4.04. The molecule has 1 heterocycles. The third-order valence-electron chi connectivity index (χ3n) is 3.59. The van der Waals surface area contributed by atoms with Gasteiger partial charge in [0.25, 0.3) is 0 Å². The second kappa shape index (κ2) is 7.07. The van der Waals surface area contributed by atoms with E-state index in [0.717, 1.165) is 18.9 Å². The maximum atomic E-state index is 3.64. The summed E-state index contributed by atoms with van der Waals surface area (Å²) in [6.45, 7) is 4.46. The lowest BCUT2D eigenvalue weighted by Gasteiger charge is -2.21. The highest BCUT2D eigenvalue weighted by molar-refractivity contribution is 7.99. The van der Waals surface area contributed by atoms with Gasteiger partial charge >= 0.3 is 0 Å². The number of benzene rings is 1. The molecule has 2 rings (SSSR count). The van der Waals surface area contributed by atoms with Crippen molar-refractivity contribution in [3.05, 3.63) is 35.4 Å². The molecule has 1 aliphatic heterocycles. The molecule has 1 aromatic carbocycles.